The lowest BCUT2D eigenvalue weighted by atomic mass is 9.91. The van der Waals surface area contributed by atoms with Crippen LogP contribution in [0.5, 0.6) is 0 Å². The molecule has 358 valence electrons. The summed E-state index contributed by atoms with van der Waals surface area (Å²) in [7, 11) is 0. The minimum atomic E-state index is 0.543. The third-order valence-electron chi connectivity index (χ3n) is 15.4. The van der Waals surface area contributed by atoms with Crippen LogP contribution in [0.25, 0.3) is 160 Å². The summed E-state index contributed by atoms with van der Waals surface area (Å²) in [6.45, 7) is 0. The third kappa shape index (κ3) is 7.07. The molecule has 0 aliphatic rings. The number of fused-ring (bicyclic) bond motifs is 11. The molecule has 0 amide bonds. The van der Waals surface area contributed by atoms with E-state index in [1.54, 1.807) is 0 Å². The fraction of sp³-hybridized carbons (Fsp3) is 0. The van der Waals surface area contributed by atoms with Crippen molar-refractivity contribution in [3.8, 4) is 73.2 Å². The molecule has 0 unspecified atom stereocenters. The standard InChI is InChI=1S/C71H42N4O2/c1-3-16-43(17-4-1)51-35-52(44-18-5-2-6-19-44)37-53(36-51)57-41-60-67(42-63(57)75-61-27-13-11-24-54(61)58-38-47-22-9-10-23-48(47)40-62(58)75)77-66-29-15-26-56(68(60)66)71-73-69(49-31-30-45-20-7-8-21-46(45)34-49)72-70(74-71)50-32-33-65-59(39-50)55-25-12-14-28-64(55)76-65/h1-42H. The van der Waals surface area contributed by atoms with Crippen LogP contribution in [-0.4, -0.2) is 19.5 Å². The van der Waals surface area contributed by atoms with E-state index in [0.717, 1.165) is 121 Å². The average molecular weight is 983 g/mol. The Morgan fingerprint density at radius 1 is 0.260 bits per heavy atom. The van der Waals surface area contributed by atoms with Gasteiger partial charge in [0.15, 0.2) is 17.5 Å². The van der Waals surface area contributed by atoms with Gasteiger partial charge in [-0.25, -0.2) is 15.0 Å². The second-order valence-electron chi connectivity index (χ2n) is 19.9. The van der Waals surface area contributed by atoms with Crippen LogP contribution < -0.4 is 0 Å². The summed E-state index contributed by atoms with van der Waals surface area (Å²) in [5.41, 5.74) is 15.6. The van der Waals surface area contributed by atoms with Crippen molar-refractivity contribution in [2.45, 2.75) is 0 Å². The molecule has 4 aromatic heterocycles. The number of aromatic nitrogens is 4. The van der Waals surface area contributed by atoms with Gasteiger partial charge >= 0.3 is 0 Å². The van der Waals surface area contributed by atoms with Crippen molar-refractivity contribution in [1.29, 1.82) is 0 Å². The lowest BCUT2D eigenvalue weighted by Gasteiger charge is -2.17. The van der Waals surface area contributed by atoms with Gasteiger partial charge < -0.3 is 13.4 Å². The van der Waals surface area contributed by atoms with Gasteiger partial charge in [0.05, 0.1) is 16.7 Å². The van der Waals surface area contributed by atoms with Crippen molar-refractivity contribution >= 4 is 87.2 Å². The van der Waals surface area contributed by atoms with Crippen molar-refractivity contribution in [1.82, 2.24) is 19.5 Å². The van der Waals surface area contributed by atoms with Gasteiger partial charge in [-0.1, -0.05) is 170 Å². The van der Waals surface area contributed by atoms with E-state index in [9.17, 15) is 0 Å². The first-order chi connectivity index (χ1) is 38.1. The molecule has 12 aromatic carbocycles. The van der Waals surface area contributed by atoms with E-state index in [1.165, 1.54) is 21.5 Å². The molecule has 0 saturated heterocycles. The summed E-state index contributed by atoms with van der Waals surface area (Å²) < 4.78 is 15.8. The highest BCUT2D eigenvalue weighted by Gasteiger charge is 2.24. The minimum Gasteiger partial charge on any atom is -0.456 e. The molecule has 0 aliphatic heterocycles. The molecule has 16 aromatic rings. The number of nitrogens with zero attached hydrogens (tertiary/aromatic N) is 4. The van der Waals surface area contributed by atoms with Gasteiger partial charge in [0.2, 0.25) is 0 Å². The molecule has 0 spiro atoms. The molecule has 6 heteroatoms. The summed E-state index contributed by atoms with van der Waals surface area (Å²) in [6, 6.07) is 90.3. The zero-order valence-corrected chi connectivity index (χ0v) is 41.4. The number of hydrogen-bond acceptors (Lipinski definition) is 5. The third-order valence-corrected chi connectivity index (χ3v) is 15.4. The van der Waals surface area contributed by atoms with Crippen LogP contribution in [0.1, 0.15) is 0 Å². The Morgan fingerprint density at radius 3 is 1.60 bits per heavy atom. The van der Waals surface area contributed by atoms with Gasteiger partial charge in [0, 0.05) is 60.6 Å². The predicted molar refractivity (Wildman–Crippen MR) is 316 cm³/mol. The monoisotopic (exact) mass is 982 g/mol. The van der Waals surface area contributed by atoms with E-state index in [-0.39, 0.29) is 0 Å². The van der Waals surface area contributed by atoms with Gasteiger partial charge in [-0.2, -0.15) is 0 Å². The largest absolute Gasteiger partial charge is 0.456 e. The molecule has 0 aliphatic carbocycles. The fourth-order valence-electron chi connectivity index (χ4n) is 11.7. The summed E-state index contributed by atoms with van der Waals surface area (Å²) in [5, 5.41) is 10.9. The summed E-state index contributed by atoms with van der Waals surface area (Å²) in [4.78, 5) is 16.0. The second kappa shape index (κ2) is 17.1. The van der Waals surface area contributed by atoms with Crippen molar-refractivity contribution < 1.29 is 8.83 Å². The summed E-state index contributed by atoms with van der Waals surface area (Å²) in [5.74, 6) is 1.68. The molecule has 16 rings (SSSR count). The minimum absolute atomic E-state index is 0.543. The Hall–Kier alpha value is -10.4. The van der Waals surface area contributed by atoms with Crippen LogP contribution >= 0.6 is 0 Å². The molecule has 0 fully saturated rings. The lowest BCUT2D eigenvalue weighted by Crippen LogP contribution is -2.00. The van der Waals surface area contributed by atoms with E-state index >= 15 is 0 Å². The zero-order chi connectivity index (χ0) is 50.6. The molecular weight excluding hydrogens is 941 g/mol. The van der Waals surface area contributed by atoms with E-state index in [2.05, 4.69) is 223 Å². The molecule has 0 N–H and O–H groups in total. The molecule has 4 heterocycles. The molecular formula is C71H42N4O2. The molecule has 6 nitrogen and oxygen atoms in total. The van der Waals surface area contributed by atoms with Gasteiger partial charge in [-0.15, -0.1) is 0 Å². The van der Waals surface area contributed by atoms with Crippen LogP contribution in [-0.2, 0) is 0 Å². The number of para-hydroxylation sites is 2. The zero-order valence-electron chi connectivity index (χ0n) is 41.4. The number of rotatable bonds is 7. The first kappa shape index (κ1) is 43.0. The van der Waals surface area contributed by atoms with Crippen molar-refractivity contribution in [3.63, 3.8) is 0 Å². The number of benzene rings is 12. The Bertz CT molecular complexity index is 4990. The highest BCUT2D eigenvalue weighted by atomic mass is 16.3. The second-order valence-corrected chi connectivity index (χ2v) is 19.9. The van der Waals surface area contributed by atoms with E-state index in [0.29, 0.717) is 17.5 Å². The predicted octanol–water partition coefficient (Wildman–Crippen LogP) is 19.1. The maximum absolute atomic E-state index is 7.09. The van der Waals surface area contributed by atoms with E-state index in [4.69, 9.17) is 23.8 Å². The van der Waals surface area contributed by atoms with Crippen LogP contribution in [0.2, 0.25) is 0 Å². The van der Waals surface area contributed by atoms with E-state index in [1.807, 2.05) is 36.4 Å². The molecule has 0 saturated carbocycles. The summed E-state index contributed by atoms with van der Waals surface area (Å²) >= 11 is 0. The van der Waals surface area contributed by atoms with Gasteiger partial charge in [-0.05, 0) is 128 Å². The van der Waals surface area contributed by atoms with Crippen molar-refractivity contribution in [2.24, 2.45) is 0 Å². The Balaban J connectivity index is 0.984. The first-order valence-electron chi connectivity index (χ1n) is 26.0. The first-order valence-corrected chi connectivity index (χ1v) is 26.0. The van der Waals surface area contributed by atoms with Gasteiger partial charge in [0.1, 0.15) is 22.3 Å². The SMILES string of the molecule is c1ccc(-c2cc(-c3ccccc3)cc(-c3cc4c(cc3-n3c5ccccc5c5cc6ccccc6cc53)oc3cccc(-c5nc(-c6ccc7ccccc7c6)nc(-c6ccc7oc8ccccc8c7c6)n5)c34)c2)cc1. The van der Waals surface area contributed by atoms with E-state index < -0.39 is 0 Å². The molecule has 0 radical (unpaired) electrons. The number of furan rings is 2. The smallest absolute Gasteiger partial charge is 0.164 e. The maximum Gasteiger partial charge on any atom is 0.164 e. The Morgan fingerprint density at radius 2 is 0.831 bits per heavy atom. The highest BCUT2D eigenvalue weighted by Crippen LogP contribution is 2.45. The molecule has 77 heavy (non-hydrogen) atoms. The Kier molecular flexibility index (Phi) is 9.53. The van der Waals surface area contributed by atoms with Crippen LogP contribution in [0.4, 0.5) is 0 Å². The summed E-state index contributed by atoms with van der Waals surface area (Å²) in [6.07, 6.45) is 0. The normalized spacial score (nSPS) is 11.9. The van der Waals surface area contributed by atoms with Gasteiger partial charge in [-0.3, -0.25) is 0 Å². The maximum atomic E-state index is 7.09. The Labute approximate surface area is 441 Å². The van der Waals surface area contributed by atoms with Crippen molar-refractivity contribution in [3.05, 3.63) is 255 Å². The highest BCUT2D eigenvalue weighted by molar-refractivity contribution is 6.17. The van der Waals surface area contributed by atoms with Crippen molar-refractivity contribution in [2.75, 3.05) is 0 Å². The van der Waals surface area contributed by atoms with Gasteiger partial charge in [0.25, 0.3) is 0 Å². The molecule has 0 bridgehead atoms. The quantitative estimate of drug-likeness (QED) is 0.159. The molecule has 0 atom stereocenters. The topological polar surface area (TPSA) is 69.9 Å². The van der Waals surface area contributed by atoms with Crippen LogP contribution in [0.3, 0.4) is 0 Å². The van der Waals surface area contributed by atoms with Crippen LogP contribution in [0.15, 0.2) is 264 Å². The average Bonchev–Trinajstić information content (AvgIpc) is 4.27. The number of hydrogen-bond donors (Lipinski definition) is 0. The lowest BCUT2D eigenvalue weighted by molar-refractivity contribution is 0.668. The fourth-order valence-corrected chi connectivity index (χ4v) is 11.7. The van der Waals surface area contributed by atoms with Crippen LogP contribution in [0, 0.1) is 0 Å².